The van der Waals surface area contributed by atoms with Crippen molar-refractivity contribution in [2.45, 2.75) is 32.4 Å². The molecule has 0 saturated carbocycles. The van der Waals surface area contributed by atoms with Gasteiger partial charge in [0.15, 0.2) is 0 Å². The second kappa shape index (κ2) is 5.81. The van der Waals surface area contributed by atoms with Crippen LogP contribution in [-0.4, -0.2) is 21.7 Å². The van der Waals surface area contributed by atoms with E-state index in [1.807, 2.05) is 6.92 Å². The fraction of sp³-hybridized carbons (Fsp3) is 0.455. The molecule has 0 aliphatic carbocycles. The Kier molecular flexibility index (Phi) is 4.40. The van der Waals surface area contributed by atoms with E-state index in [1.54, 1.807) is 6.20 Å². The van der Waals surface area contributed by atoms with Gasteiger partial charge in [0, 0.05) is 18.7 Å². The summed E-state index contributed by atoms with van der Waals surface area (Å²) in [5, 5.41) is 6.77. The van der Waals surface area contributed by atoms with E-state index >= 15 is 0 Å². The monoisotopic (exact) mass is 220 g/mol. The molecule has 5 nitrogen and oxygen atoms in total. The number of terminal acetylenes is 1. The topological polar surface area (TPSA) is 72.9 Å². The minimum Gasteiger partial charge on any atom is -0.396 e. The van der Waals surface area contributed by atoms with Gasteiger partial charge in [0.2, 0.25) is 5.91 Å². The molecule has 1 heterocycles. The van der Waals surface area contributed by atoms with Crippen LogP contribution in [0.1, 0.15) is 19.8 Å². The van der Waals surface area contributed by atoms with Crippen LogP contribution in [0.15, 0.2) is 12.4 Å². The average molecular weight is 220 g/mol. The molecule has 0 aliphatic rings. The number of carbonyl (C=O) groups is 1. The normalized spacial score (nSPS) is 11.8. The molecule has 1 aromatic rings. The number of nitrogens with zero attached hydrogens (tertiary/aromatic N) is 2. The maximum Gasteiger partial charge on any atom is 0.241 e. The summed E-state index contributed by atoms with van der Waals surface area (Å²) in [6, 6.07) is 0.0328. The van der Waals surface area contributed by atoms with Crippen LogP contribution in [0.2, 0.25) is 0 Å². The molecule has 0 bridgehead atoms. The second-order valence-corrected chi connectivity index (χ2v) is 3.55. The largest absolute Gasteiger partial charge is 0.396 e. The molecule has 0 radical (unpaired) electrons. The third-order valence-electron chi connectivity index (χ3n) is 2.18. The Morgan fingerprint density at radius 1 is 1.81 bits per heavy atom. The van der Waals surface area contributed by atoms with Gasteiger partial charge in [-0.3, -0.25) is 9.48 Å². The Balaban J connectivity index is 2.44. The van der Waals surface area contributed by atoms with Crippen molar-refractivity contribution >= 4 is 11.6 Å². The van der Waals surface area contributed by atoms with Gasteiger partial charge in [-0.05, 0) is 6.42 Å². The Labute approximate surface area is 95.0 Å². The Morgan fingerprint density at radius 3 is 3.06 bits per heavy atom. The minimum atomic E-state index is -0.106. The Bertz CT molecular complexity index is 391. The molecule has 0 aromatic carbocycles. The van der Waals surface area contributed by atoms with Crippen molar-refractivity contribution in [3.8, 4) is 12.3 Å². The molecule has 0 aliphatic heterocycles. The number of amides is 1. The van der Waals surface area contributed by atoms with Crippen molar-refractivity contribution in [3.63, 3.8) is 0 Å². The highest BCUT2D eigenvalue weighted by Crippen LogP contribution is 1.99. The molecule has 0 saturated heterocycles. The van der Waals surface area contributed by atoms with E-state index in [4.69, 9.17) is 12.2 Å². The molecular formula is C11H16N4O. The lowest BCUT2D eigenvalue weighted by atomic mass is 10.1. The van der Waals surface area contributed by atoms with Crippen molar-refractivity contribution in [3.05, 3.63) is 12.4 Å². The standard InChI is InChI=1S/C11H16N4O/c1-3-5-10(4-2)14-11(16)8-15-7-9(12)6-13-15/h1,6-7,10H,4-5,8,12H2,2H3,(H,14,16). The SMILES string of the molecule is C#CCC(CC)NC(=O)Cn1cc(N)cn1. The first-order chi connectivity index (χ1) is 7.65. The molecule has 1 atom stereocenters. The molecule has 1 rings (SSSR count). The molecule has 1 aromatic heterocycles. The first kappa shape index (κ1) is 12.1. The summed E-state index contributed by atoms with van der Waals surface area (Å²) >= 11 is 0. The third-order valence-corrected chi connectivity index (χ3v) is 2.18. The number of nitrogens with two attached hydrogens (primary N) is 1. The summed E-state index contributed by atoms with van der Waals surface area (Å²) in [6.45, 7) is 2.15. The average Bonchev–Trinajstić information content (AvgIpc) is 2.63. The fourth-order valence-electron chi connectivity index (χ4n) is 1.33. The summed E-state index contributed by atoms with van der Waals surface area (Å²) in [7, 11) is 0. The van der Waals surface area contributed by atoms with E-state index in [0.717, 1.165) is 6.42 Å². The van der Waals surface area contributed by atoms with Crippen LogP contribution in [0.25, 0.3) is 0 Å². The lowest BCUT2D eigenvalue weighted by molar-refractivity contribution is -0.122. The van der Waals surface area contributed by atoms with E-state index in [2.05, 4.69) is 16.3 Å². The smallest absolute Gasteiger partial charge is 0.241 e. The van der Waals surface area contributed by atoms with Crippen molar-refractivity contribution in [2.24, 2.45) is 0 Å². The highest BCUT2D eigenvalue weighted by molar-refractivity contribution is 5.76. The number of hydrogen-bond donors (Lipinski definition) is 2. The van der Waals surface area contributed by atoms with Crippen LogP contribution < -0.4 is 11.1 Å². The molecule has 0 spiro atoms. The maximum absolute atomic E-state index is 11.6. The summed E-state index contributed by atoms with van der Waals surface area (Å²) < 4.78 is 1.49. The van der Waals surface area contributed by atoms with E-state index in [1.165, 1.54) is 10.9 Å². The zero-order valence-corrected chi connectivity index (χ0v) is 9.31. The van der Waals surface area contributed by atoms with Crippen molar-refractivity contribution in [1.82, 2.24) is 15.1 Å². The third kappa shape index (κ3) is 3.65. The van der Waals surface area contributed by atoms with Crippen LogP contribution in [0, 0.1) is 12.3 Å². The maximum atomic E-state index is 11.6. The zero-order chi connectivity index (χ0) is 12.0. The van der Waals surface area contributed by atoms with Gasteiger partial charge in [0.05, 0.1) is 11.9 Å². The first-order valence-electron chi connectivity index (χ1n) is 5.16. The Morgan fingerprint density at radius 2 is 2.56 bits per heavy atom. The lowest BCUT2D eigenvalue weighted by Crippen LogP contribution is -2.36. The predicted octanol–water partition coefficient (Wildman–Crippen LogP) is 0.383. The second-order valence-electron chi connectivity index (χ2n) is 3.55. The molecule has 5 heteroatoms. The highest BCUT2D eigenvalue weighted by atomic mass is 16.2. The highest BCUT2D eigenvalue weighted by Gasteiger charge is 2.09. The van der Waals surface area contributed by atoms with Crippen molar-refractivity contribution in [2.75, 3.05) is 5.73 Å². The van der Waals surface area contributed by atoms with Gasteiger partial charge in [-0.15, -0.1) is 12.3 Å². The van der Waals surface area contributed by atoms with Crippen LogP contribution in [0.3, 0.4) is 0 Å². The molecule has 0 fully saturated rings. The Hall–Kier alpha value is -1.96. The number of aromatic nitrogens is 2. The van der Waals surface area contributed by atoms with Crippen LogP contribution >= 0.6 is 0 Å². The number of rotatable bonds is 5. The van der Waals surface area contributed by atoms with Gasteiger partial charge in [-0.25, -0.2) is 0 Å². The van der Waals surface area contributed by atoms with Gasteiger partial charge >= 0.3 is 0 Å². The van der Waals surface area contributed by atoms with Gasteiger partial charge in [0.1, 0.15) is 6.54 Å². The lowest BCUT2D eigenvalue weighted by Gasteiger charge is -2.13. The van der Waals surface area contributed by atoms with Crippen LogP contribution in [-0.2, 0) is 11.3 Å². The summed E-state index contributed by atoms with van der Waals surface area (Å²) in [6.07, 6.45) is 9.68. The van der Waals surface area contributed by atoms with E-state index in [0.29, 0.717) is 12.1 Å². The van der Waals surface area contributed by atoms with Crippen LogP contribution in [0.5, 0.6) is 0 Å². The molecule has 1 amide bonds. The van der Waals surface area contributed by atoms with Gasteiger partial charge in [-0.2, -0.15) is 5.10 Å². The number of nitrogens with one attached hydrogen (secondary N) is 1. The molecule has 3 N–H and O–H groups in total. The summed E-state index contributed by atoms with van der Waals surface area (Å²) in [5.41, 5.74) is 6.03. The fourth-order valence-corrected chi connectivity index (χ4v) is 1.33. The summed E-state index contributed by atoms with van der Waals surface area (Å²) in [5.74, 6) is 2.43. The molecule has 16 heavy (non-hydrogen) atoms. The number of hydrogen-bond acceptors (Lipinski definition) is 3. The summed E-state index contributed by atoms with van der Waals surface area (Å²) in [4.78, 5) is 11.6. The molecular weight excluding hydrogens is 204 g/mol. The van der Waals surface area contributed by atoms with E-state index in [9.17, 15) is 4.79 Å². The van der Waals surface area contributed by atoms with E-state index in [-0.39, 0.29) is 18.5 Å². The quantitative estimate of drug-likeness (QED) is 0.705. The minimum absolute atomic E-state index is 0.0328. The number of anilines is 1. The zero-order valence-electron chi connectivity index (χ0n) is 9.31. The van der Waals surface area contributed by atoms with Gasteiger partial charge in [0.25, 0.3) is 0 Å². The van der Waals surface area contributed by atoms with Crippen molar-refractivity contribution < 1.29 is 4.79 Å². The van der Waals surface area contributed by atoms with Crippen LogP contribution in [0.4, 0.5) is 5.69 Å². The first-order valence-corrected chi connectivity index (χ1v) is 5.16. The molecule has 1 unspecified atom stereocenters. The predicted molar refractivity (Wildman–Crippen MR) is 62.3 cm³/mol. The van der Waals surface area contributed by atoms with Crippen molar-refractivity contribution in [1.29, 1.82) is 0 Å². The van der Waals surface area contributed by atoms with Gasteiger partial charge in [-0.1, -0.05) is 6.92 Å². The van der Waals surface area contributed by atoms with Gasteiger partial charge < -0.3 is 11.1 Å². The number of nitrogen functional groups attached to an aromatic ring is 1. The van der Waals surface area contributed by atoms with E-state index < -0.39 is 0 Å². The number of carbonyl (C=O) groups excluding carboxylic acids is 1. The molecule has 86 valence electrons.